The number of hydrogen-bond acceptors (Lipinski definition) is 5. The molecule has 0 atom stereocenters. The molecule has 0 spiro atoms. The molecule has 2 aromatic rings. The molecule has 0 unspecified atom stereocenters. The quantitative estimate of drug-likeness (QED) is 0.375. The van der Waals surface area contributed by atoms with Crippen LogP contribution in [0.25, 0.3) is 0 Å². The molecule has 0 bridgehead atoms. The third-order valence-corrected chi connectivity index (χ3v) is 4.33. The molecule has 2 rings (SSSR count). The molecule has 0 heterocycles. The van der Waals surface area contributed by atoms with Crippen LogP contribution in [0.15, 0.2) is 41.5 Å². The number of carbonyl (C=O) groups excluding carboxylic acids is 2. The van der Waals surface area contributed by atoms with Crippen molar-refractivity contribution in [3.05, 3.63) is 57.6 Å². The van der Waals surface area contributed by atoms with E-state index < -0.39 is 11.8 Å². The van der Waals surface area contributed by atoms with E-state index in [1.165, 1.54) is 6.21 Å². The Balaban J connectivity index is 2.08. The molecule has 154 valence electrons. The fourth-order valence-electron chi connectivity index (χ4n) is 2.27. The van der Waals surface area contributed by atoms with Crippen LogP contribution in [0, 0.1) is 0 Å². The van der Waals surface area contributed by atoms with Gasteiger partial charge in [0.25, 0.3) is 0 Å². The molecule has 29 heavy (non-hydrogen) atoms. The molecule has 0 aliphatic rings. The molecule has 0 radical (unpaired) electrons. The van der Waals surface area contributed by atoms with Gasteiger partial charge in [0.05, 0.1) is 12.8 Å². The number of carbonyl (C=O) groups is 2. The Bertz CT molecular complexity index is 883. The van der Waals surface area contributed by atoms with Crippen LogP contribution in [-0.4, -0.2) is 31.2 Å². The van der Waals surface area contributed by atoms with E-state index in [0.29, 0.717) is 45.8 Å². The fraction of sp³-hybridized carbons (Fsp3) is 0.250. The van der Waals surface area contributed by atoms with Gasteiger partial charge in [0.15, 0.2) is 11.5 Å². The van der Waals surface area contributed by atoms with E-state index in [1.54, 1.807) is 43.3 Å². The summed E-state index contributed by atoms with van der Waals surface area (Å²) in [5.41, 5.74) is 3.48. The molecule has 2 N–H and O–H groups in total. The number of likely N-dealkylation sites (N-methyl/N-ethyl adjacent to an activating group) is 1. The van der Waals surface area contributed by atoms with Gasteiger partial charge in [-0.15, -0.1) is 0 Å². The molecule has 0 aromatic heterocycles. The molecule has 2 aromatic carbocycles. The highest BCUT2D eigenvalue weighted by atomic mass is 35.5. The smallest absolute Gasteiger partial charge is 0.329 e. The lowest BCUT2D eigenvalue weighted by molar-refractivity contribution is -0.139. The maximum atomic E-state index is 11.5. The average Bonchev–Trinajstić information content (AvgIpc) is 2.69. The predicted octanol–water partition coefficient (Wildman–Crippen LogP) is 3.56. The molecule has 7 nitrogen and oxygen atoms in total. The molecular formula is C20H21Cl2N3O4. The van der Waals surface area contributed by atoms with Crippen LogP contribution in [0.3, 0.4) is 0 Å². The lowest BCUT2D eigenvalue weighted by Gasteiger charge is -2.14. The van der Waals surface area contributed by atoms with Crippen LogP contribution in [0.4, 0.5) is 0 Å². The van der Waals surface area contributed by atoms with Crippen LogP contribution >= 0.6 is 23.2 Å². The Morgan fingerprint density at radius 1 is 1.03 bits per heavy atom. The third-order valence-electron chi connectivity index (χ3n) is 3.62. The van der Waals surface area contributed by atoms with Crippen LogP contribution in [-0.2, 0) is 16.2 Å². The highest BCUT2D eigenvalue weighted by molar-refractivity contribution is 6.36. The van der Waals surface area contributed by atoms with Crippen molar-refractivity contribution >= 4 is 41.2 Å². The maximum absolute atomic E-state index is 11.5. The van der Waals surface area contributed by atoms with Gasteiger partial charge in [0.1, 0.15) is 6.61 Å². The predicted molar refractivity (Wildman–Crippen MR) is 113 cm³/mol. The standard InChI is InChI=1S/C20H21Cl2N3O4/c1-3-23-19(26)20(27)25-24-11-13-8-9-17(18(10-13)28-4-2)29-12-14-15(21)6-5-7-16(14)22/h5-11H,3-4,12H2,1-2H3,(H,23,26)(H,25,27)/b24-11-. The van der Waals surface area contributed by atoms with E-state index in [2.05, 4.69) is 15.8 Å². The third kappa shape index (κ3) is 6.66. The van der Waals surface area contributed by atoms with Crippen LogP contribution in [0.2, 0.25) is 10.0 Å². The van der Waals surface area contributed by atoms with Crippen LogP contribution in [0.5, 0.6) is 11.5 Å². The first-order chi connectivity index (χ1) is 14.0. The molecule has 0 aliphatic heterocycles. The largest absolute Gasteiger partial charge is 0.490 e. The number of ether oxygens (including phenoxy) is 2. The zero-order chi connectivity index (χ0) is 21.2. The fourth-order valence-corrected chi connectivity index (χ4v) is 2.78. The first-order valence-corrected chi connectivity index (χ1v) is 9.65. The molecule has 0 saturated heterocycles. The molecular weight excluding hydrogens is 417 g/mol. The number of nitrogens with zero attached hydrogens (tertiary/aromatic N) is 1. The van der Waals surface area contributed by atoms with Gasteiger partial charge < -0.3 is 14.8 Å². The van der Waals surface area contributed by atoms with Crippen molar-refractivity contribution in [3.63, 3.8) is 0 Å². The summed E-state index contributed by atoms with van der Waals surface area (Å²) >= 11 is 12.3. The Hall–Kier alpha value is -2.77. The normalized spacial score (nSPS) is 10.6. The highest BCUT2D eigenvalue weighted by Gasteiger charge is 2.12. The Morgan fingerprint density at radius 3 is 2.41 bits per heavy atom. The summed E-state index contributed by atoms with van der Waals surface area (Å²) in [7, 11) is 0. The molecule has 2 amide bonds. The first kappa shape index (κ1) is 22.5. The van der Waals surface area contributed by atoms with Crippen LogP contribution in [0.1, 0.15) is 25.0 Å². The minimum Gasteiger partial charge on any atom is -0.490 e. The van der Waals surface area contributed by atoms with Gasteiger partial charge in [-0.05, 0) is 49.7 Å². The molecule has 0 fully saturated rings. The SMILES string of the molecule is CCNC(=O)C(=O)N/N=C\c1ccc(OCc2c(Cl)cccc2Cl)c(OCC)c1. The van der Waals surface area contributed by atoms with E-state index in [9.17, 15) is 9.59 Å². The second-order valence-electron chi connectivity index (χ2n) is 5.69. The lowest BCUT2D eigenvalue weighted by atomic mass is 10.2. The van der Waals surface area contributed by atoms with Gasteiger partial charge in [0.2, 0.25) is 0 Å². The summed E-state index contributed by atoms with van der Waals surface area (Å²) in [5.74, 6) is -0.590. The second kappa shape index (κ2) is 11.3. The monoisotopic (exact) mass is 437 g/mol. The number of benzene rings is 2. The summed E-state index contributed by atoms with van der Waals surface area (Å²) in [6.07, 6.45) is 1.40. The minimum atomic E-state index is -0.843. The van der Waals surface area contributed by atoms with Crippen molar-refractivity contribution in [2.45, 2.75) is 20.5 Å². The maximum Gasteiger partial charge on any atom is 0.329 e. The highest BCUT2D eigenvalue weighted by Crippen LogP contribution is 2.31. The molecule has 9 heteroatoms. The zero-order valence-corrected chi connectivity index (χ0v) is 17.5. The Kier molecular flexibility index (Phi) is 8.76. The van der Waals surface area contributed by atoms with Crippen molar-refractivity contribution in [2.75, 3.05) is 13.2 Å². The first-order valence-electron chi connectivity index (χ1n) is 8.90. The van der Waals surface area contributed by atoms with E-state index in [-0.39, 0.29) is 6.61 Å². The van der Waals surface area contributed by atoms with Gasteiger partial charge in [-0.2, -0.15) is 5.10 Å². The number of rotatable bonds is 8. The van der Waals surface area contributed by atoms with Crippen molar-refractivity contribution in [3.8, 4) is 11.5 Å². The Labute approximate surface area is 179 Å². The van der Waals surface area contributed by atoms with E-state index in [0.717, 1.165) is 0 Å². The van der Waals surface area contributed by atoms with Crippen molar-refractivity contribution < 1.29 is 19.1 Å². The lowest BCUT2D eigenvalue weighted by Crippen LogP contribution is -2.37. The number of nitrogens with one attached hydrogen (secondary N) is 2. The van der Waals surface area contributed by atoms with E-state index >= 15 is 0 Å². The number of hydrogen-bond donors (Lipinski definition) is 2. The van der Waals surface area contributed by atoms with Crippen LogP contribution < -0.4 is 20.2 Å². The second-order valence-corrected chi connectivity index (χ2v) is 6.50. The Morgan fingerprint density at radius 2 is 1.76 bits per heavy atom. The number of hydrazone groups is 1. The topological polar surface area (TPSA) is 89.0 Å². The van der Waals surface area contributed by atoms with Gasteiger partial charge in [-0.3, -0.25) is 9.59 Å². The number of halogens is 2. The van der Waals surface area contributed by atoms with Gasteiger partial charge in [-0.25, -0.2) is 5.43 Å². The molecule has 0 saturated carbocycles. The van der Waals surface area contributed by atoms with Gasteiger partial charge in [-0.1, -0.05) is 29.3 Å². The summed E-state index contributed by atoms with van der Waals surface area (Å²) in [6.45, 7) is 4.52. The van der Waals surface area contributed by atoms with E-state index in [4.69, 9.17) is 32.7 Å². The summed E-state index contributed by atoms with van der Waals surface area (Å²) in [4.78, 5) is 22.9. The summed E-state index contributed by atoms with van der Waals surface area (Å²) in [5, 5.41) is 7.19. The zero-order valence-electron chi connectivity index (χ0n) is 16.0. The van der Waals surface area contributed by atoms with Crippen molar-refractivity contribution in [2.24, 2.45) is 5.10 Å². The molecule has 0 aliphatic carbocycles. The summed E-state index contributed by atoms with van der Waals surface area (Å²) in [6, 6.07) is 10.4. The van der Waals surface area contributed by atoms with E-state index in [1.807, 2.05) is 6.92 Å². The van der Waals surface area contributed by atoms with Gasteiger partial charge >= 0.3 is 11.8 Å². The van der Waals surface area contributed by atoms with Gasteiger partial charge in [0, 0.05) is 22.2 Å². The van der Waals surface area contributed by atoms with Crippen molar-refractivity contribution in [1.82, 2.24) is 10.7 Å². The average molecular weight is 438 g/mol. The summed E-state index contributed by atoms with van der Waals surface area (Å²) < 4.78 is 11.5. The number of amides is 2. The van der Waals surface area contributed by atoms with Crippen molar-refractivity contribution in [1.29, 1.82) is 0 Å². The minimum absolute atomic E-state index is 0.175.